The molecule has 2 heterocycles. The summed E-state index contributed by atoms with van der Waals surface area (Å²) in [4.78, 5) is 17.1. The number of anilines is 1. The van der Waals surface area contributed by atoms with Crippen LogP contribution in [0.5, 0.6) is 0 Å². The van der Waals surface area contributed by atoms with Gasteiger partial charge >= 0.3 is 5.97 Å². The van der Waals surface area contributed by atoms with Gasteiger partial charge in [-0.05, 0) is 31.4 Å². The summed E-state index contributed by atoms with van der Waals surface area (Å²) in [5.41, 5.74) is 0.239. The summed E-state index contributed by atoms with van der Waals surface area (Å²) < 4.78 is 0. The fraction of sp³-hybridized carbons (Fsp3) is 0.500. The molecule has 0 spiro atoms. The van der Waals surface area contributed by atoms with Gasteiger partial charge in [0, 0.05) is 18.8 Å². The first-order chi connectivity index (χ1) is 7.58. The van der Waals surface area contributed by atoms with Gasteiger partial charge in [0.2, 0.25) is 0 Å². The number of rotatable bonds is 2. The number of hydrogen-bond acceptors (Lipinski definition) is 3. The quantitative estimate of drug-likeness (QED) is 0.828. The van der Waals surface area contributed by atoms with Crippen LogP contribution in [0.15, 0.2) is 18.3 Å². The minimum absolute atomic E-state index is 0.239. The normalized spacial score (nSPS) is 24.8. The van der Waals surface area contributed by atoms with Gasteiger partial charge in [-0.1, -0.05) is 6.92 Å². The molecule has 1 fully saturated rings. The minimum Gasteiger partial charge on any atom is -0.478 e. The van der Waals surface area contributed by atoms with Crippen LogP contribution in [0.1, 0.15) is 30.6 Å². The molecule has 0 aliphatic carbocycles. The third-order valence-electron chi connectivity index (χ3n) is 3.07. The third-order valence-corrected chi connectivity index (χ3v) is 3.07. The van der Waals surface area contributed by atoms with Crippen LogP contribution in [0.2, 0.25) is 0 Å². The highest BCUT2D eigenvalue weighted by Gasteiger charge is 2.26. The monoisotopic (exact) mass is 220 g/mol. The Morgan fingerprint density at radius 3 is 2.69 bits per heavy atom. The molecule has 0 saturated carbocycles. The van der Waals surface area contributed by atoms with E-state index in [9.17, 15) is 4.79 Å². The maximum Gasteiger partial charge on any atom is 0.337 e. The van der Waals surface area contributed by atoms with Gasteiger partial charge in [0.25, 0.3) is 0 Å². The molecule has 0 amide bonds. The van der Waals surface area contributed by atoms with E-state index in [2.05, 4.69) is 23.7 Å². The highest BCUT2D eigenvalue weighted by atomic mass is 16.4. The summed E-state index contributed by atoms with van der Waals surface area (Å²) in [5.74, 6) is 0.625. The second-order valence-electron chi connectivity index (χ2n) is 4.55. The Hall–Kier alpha value is -1.58. The van der Waals surface area contributed by atoms with E-state index in [0.29, 0.717) is 12.0 Å². The Balaban J connectivity index is 2.19. The maximum atomic E-state index is 10.7. The lowest BCUT2D eigenvalue weighted by atomic mass is 10.1. The van der Waals surface area contributed by atoms with Gasteiger partial charge in [-0.25, -0.2) is 9.78 Å². The molecule has 1 aliphatic rings. The lowest BCUT2D eigenvalue weighted by Gasteiger charge is -2.22. The molecule has 1 aliphatic heterocycles. The lowest BCUT2D eigenvalue weighted by molar-refractivity contribution is 0.0696. The second kappa shape index (κ2) is 4.12. The Kier molecular flexibility index (Phi) is 2.81. The molecule has 2 rings (SSSR count). The van der Waals surface area contributed by atoms with E-state index in [0.717, 1.165) is 12.4 Å². The molecule has 4 nitrogen and oxygen atoms in total. The van der Waals surface area contributed by atoms with Crippen LogP contribution in [0.3, 0.4) is 0 Å². The summed E-state index contributed by atoms with van der Waals surface area (Å²) in [6.07, 6.45) is 2.59. The van der Waals surface area contributed by atoms with Crippen LogP contribution in [0, 0.1) is 5.92 Å². The molecule has 0 radical (unpaired) electrons. The van der Waals surface area contributed by atoms with Crippen LogP contribution >= 0.6 is 0 Å². The molecule has 86 valence electrons. The molecule has 2 unspecified atom stereocenters. The number of carboxylic acid groups (broad SMARTS) is 1. The first-order valence-corrected chi connectivity index (χ1v) is 5.54. The first-order valence-electron chi connectivity index (χ1n) is 5.54. The van der Waals surface area contributed by atoms with Crippen molar-refractivity contribution < 1.29 is 9.90 Å². The maximum absolute atomic E-state index is 10.7. The van der Waals surface area contributed by atoms with E-state index in [4.69, 9.17) is 5.11 Å². The molecule has 16 heavy (non-hydrogen) atoms. The summed E-state index contributed by atoms with van der Waals surface area (Å²) in [6, 6.07) is 3.89. The summed E-state index contributed by atoms with van der Waals surface area (Å²) >= 11 is 0. The van der Waals surface area contributed by atoms with Gasteiger partial charge in [0.05, 0.1) is 5.56 Å². The Bertz CT molecular complexity index is 389. The van der Waals surface area contributed by atoms with Crippen LogP contribution in [0.4, 0.5) is 5.82 Å². The van der Waals surface area contributed by atoms with Gasteiger partial charge in [0.1, 0.15) is 5.82 Å². The van der Waals surface area contributed by atoms with Gasteiger partial charge in [-0.2, -0.15) is 0 Å². The summed E-state index contributed by atoms with van der Waals surface area (Å²) in [6.45, 7) is 5.40. The smallest absolute Gasteiger partial charge is 0.337 e. The topological polar surface area (TPSA) is 53.4 Å². The van der Waals surface area contributed by atoms with Crippen molar-refractivity contribution in [3.05, 3.63) is 23.9 Å². The Morgan fingerprint density at radius 1 is 1.50 bits per heavy atom. The van der Waals surface area contributed by atoms with E-state index in [1.807, 2.05) is 0 Å². The zero-order valence-corrected chi connectivity index (χ0v) is 9.55. The fourth-order valence-electron chi connectivity index (χ4n) is 2.30. The number of nitrogens with zero attached hydrogens (tertiary/aromatic N) is 2. The predicted octanol–water partition coefficient (Wildman–Crippen LogP) is 2.01. The molecule has 0 bridgehead atoms. The van der Waals surface area contributed by atoms with E-state index in [-0.39, 0.29) is 5.56 Å². The van der Waals surface area contributed by atoms with Crippen molar-refractivity contribution in [1.29, 1.82) is 0 Å². The van der Waals surface area contributed by atoms with Crippen LogP contribution in [0.25, 0.3) is 0 Å². The molecule has 1 aromatic rings. The van der Waals surface area contributed by atoms with Crippen molar-refractivity contribution in [3.63, 3.8) is 0 Å². The van der Waals surface area contributed by atoms with Crippen molar-refractivity contribution in [2.45, 2.75) is 26.3 Å². The largest absolute Gasteiger partial charge is 0.478 e. The van der Waals surface area contributed by atoms with Gasteiger partial charge in [-0.15, -0.1) is 0 Å². The van der Waals surface area contributed by atoms with E-state index in [1.54, 1.807) is 12.1 Å². The van der Waals surface area contributed by atoms with Gasteiger partial charge in [-0.3, -0.25) is 0 Å². The van der Waals surface area contributed by atoms with Crippen molar-refractivity contribution >= 4 is 11.8 Å². The van der Waals surface area contributed by atoms with E-state index in [1.165, 1.54) is 12.6 Å². The molecule has 1 aromatic heterocycles. The highest BCUT2D eigenvalue weighted by molar-refractivity contribution is 5.87. The SMILES string of the molecule is CC1CC(C)N(c2ccc(C(=O)O)cn2)C1. The molecular formula is C12H16N2O2. The Labute approximate surface area is 94.9 Å². The van der Waals surface area contributed by atoms with Crippen molar-refractivity contribution in [3.8, 4) is 0 Å². The van der Waals surface area contributed by atoms with Crippen molar-refractivity contribution in [1.82, 2.24) is 4.98 Å². The third kappa shape index (κ3) is 2.01. The standard InChI is InChI=1S/C12H16N2O2/c1-8-5-9(2)14(7-8)11-4-3-10(6-13-11)12(15)16/h3-4,6,8-9H,5,7H2,1-2H3,(H,15,16). The number of carbonyl (C=O) groups is 1. The highest BCUT2D eigenvalue weighted by Crippen LogP contribution is 2.27. The Morgan fingerprint density at radius 2 is 2.25 bits per heavy atom. The first kappa shape index (κ1) is 10.9. The lowest BCUT2D eigenvalue weighted by Crippen LogP contribution is -2.27. The van der Waals surface area contributed by atoms with E-state index < -0.39 is 5.97 Å². The van der Waals surface area contributed by atoms with Crippen molar-refractivity contribution in [2.75, 3.05) is 11.4 Å². The van der Waals surface area contributed by atoms with Gasteiger partial charge in [0.15, 0.2) is 0 Å². The zero-order valence-electron chi connectivity index (χ0n) is 9.55. The van der Waals surface area contributed by atoms with Gasteiger partial charge < -0.3 is 10.0 Å². The summed E-state index contributed by atoms with van der Waals surface area (Å²) in [5, 5.41) is 8.78. The van der Waals surface area contributed by atoms with Crippen LogP contribution in [-0.4, -0.2) is 28.6 Å². The number of hydrogen-bond donors (Lipinski definition) is 1. The van der Waals surface area contributed by atoms with Crippen molar-refractivity contribution in [2.24, 2.45) is 5.92 Å². The second-order valence-corrected chi connectivity index (χ2v) is 4.55. The number of pyridine rings is 1. The zero-order chi connectivity index (χ0) is 11.7. The fourth-order valence-corrected chi connectivity index (χ4v) is 2.30. The number of aromatic carboxylic acids is 1. The molecule has 1 saturated heterocycles. The average Bonchev–Trinajstić information content (AvgIpc) is 2.58. The molecule has 1 N–H and O–H groups in total. The molecule has 2 atom stereocenters. The predicted molar refractivity (Wildman–Crippen MR) is 61.8 cm³/mol. The number of carboxylic acids is 1. The average molecular weight is 220 g/mol. The molecule has 0 aromatic carbocycles. The molecule has 4 heteroatoms. The van der Waals surface area contributed by atoms with Crippen LogP contribution in [-0.2, 0) is 0 Å². The minimum atomic E-state index is -0.929. The summed E-state index contributed by atoms with van der Waals surface area (Å²) in [7, 11) is 0. The number of aromatic nitrogens is 1. The molecular weight excluding hydrogens is 204 g/mol. The van der Waals surface area contributed by atoms with Crippen LogP contribution < -0.4 is 4.90 Å². The van der Waals surface area contributed by atoms with E-state index >= 15 is 0 Å².